The number of hydrogen-bond donors (Lipinski definition) is 1. The molecule has 3 rings (SSSR count). The highest BCUT2D eigenvalue weighted by Crippen LogP contribution is 2.31. The van der Waals surface area contributed by atoms with Gasteiger partial charge in [-0.25, -0.2) is 0 Å². The fourth-order valence-corrected chi connectivity index (χ4v) is 6.48. The third kappa shape index (κ3) is 3.30. The number of para-hydroxylation sites is 1. The van der Waals surface area contributed by atoms with Crippen LogP contribution in [0.1, 0.15) is 0 Å². The molecule has 0 saturated carbocycles. The zero-order chi connectivity index (χ0) is 16.3. The van der Waals surface area contributed by atoms with E-state index in [9.17, 15) is 0 Å². The Balaban J connectivity index is 2.14. The number of nitrogens with one attached hydrogen (secondary N) is 1. The molecule has 0 spiro atoms. The summed E-state index contributed by atoms with van der Waals surface area (Å²) in [7, 11) is -2.22. The van der Waals surface area contributed by atoms with Crippen molar-refractivity contribution in [3.05, 3.63) is 88.9 Å². The quantitative estimate of drug-likeness (QED) is 0.661. The number of benzene rings is 3. The molecular weight excluding hydrogens is 341 g/mol. The van der Waals surface area contributed by atoms with Crippen LogP contribution >= 0.6 is 23.2 Å². The number of halogens is 2. The Bertz CT molecular complexity index is 731. The zero-order valence-electron chi connectivity index (χ0n) is 12.8. The first kappa shape index (κ1) is 16.1. The minimum Gasteiger partial charge on any atom is -0.401 e. The van der Waals surface area contributed by atoms with Crippen molar-refractivity contribution in [1.82, 2.24) is 0 Å². The lowest BCUT2D eigenvalue weighted by atomic mass is 10.3. The second-order valence-electron chi connectivity index (χ2n) is 5.58. The first-order valence-electron chi connectivity index (χ1n) is 7.44. The van der Waals surface area contributed by atoms with Gasteiger partial charge >= 0.3 is 0 Å². The van der Waals surface area contributed by atoms with E-state index >= 15 is 0 Å². The van der Waals surface area contributed by atoms with Crippen molar-refractivity contribution in [3.63, 3.8) is 0 Å². The van der Waals surface area contributed by atoms with Crippen LogP contribution in [0.5, 0.6) is 0 Å². The van der Waals surface area contributed by atoms with Crippen LogP contribution in [-0.2, 0) is 0 Å². The van der Waals surface area contributed by atoms with Crippen molar-refractivity contribution in [2.45, 2.75) is 6.55 Å². The lowest BCUT2D eigenvalue weighted by Gasteiger charge is -2.31. The highest BCUT2D eigenvalue weighted by atomic mass is 35.5. The highest BCUT2D eigenvalue weighted by Gasteiger charge is 2.33. The fraction of sp³-hybridized carbons (Fsp3) is 0.0526. The first-order valence-corrected chi connectivity index (χ1v) is 10.7. The minimum absolute atomic E-state index is 0.642. The molecule has 0 radical (unpaired) electrons. The van der Waals surface area contributed by atoms with Crippen molar-refractivity contribution in [2.75, 3.05) is 4.98 Å². The fourth-order valence-electron chi connectivity index (χ4n) is 2.72. The van der Waals surface area contributed by atoms with Gasteiger partial charge in [-0.2, -0.15) is 0 Å². The number of rotatable bonds is 4. The average molecular weight is 358 g/mol. The summed E-state index contributed by atoms with van der Waals surface area (Å²) in [4.78, 5) is 3.70. The summed E-state index contributed by atoms with van der Waals surface area (Å²) < 4.78 is 0. The van der Waals surface area contributed by atoms with E-state index in [-0.39, 0.29) is 0 Å². The Morgan fingerprint density at radius 3 is 1.52 bits per heavy atom. The normalized spacial score (nSPS) is 11.3. The maximum absolute atomic E-state index is 6.39. The Hall–Kier alpha value is -1.74. The molecule has 0 fully saturated rings. The van der Waals surface area contributed by atoms with Crippen molar-refractivity contribution in [3.8, 4) is 0 Å². The summed E-state index contributed by atoms with van der Waals surface area (Å²) in [6.45, 7) is 2.28. The molecule has 3 aromatic rings. The topological polar surface area (TPSA) is 12.0 Å². The summed E-state index contributed by atoms with van der Waals surface area (Å²) in [5, 5.41) is 3.84. The molecule has 1 nitrogen and oxygen atoms in total. The van der Waals surface area contributed by atoms with Crippen molar-refractivity contribution < 1.29 is 0 Å². The van der Waals surface area contributed by atoms with Crippen LogP contribution in [0.2, 0.25) is 16.6 Å². The van der Waals surface area contributed by atoms with E-state index in [0.29, 0.717) is 10.0 Å². The van der Waals surface area contributed by atoms with Gasteiger partial charge in [0.25, 0.3) is 0 Å². The third-order valence-electron chi connectivity index (χ3n) is 4.04. The molecule has 0 aliphatic carbocycles. The van der Waals surface area contributed by atoms with E-state index < -0.39 is 8.24 Å². The summed E-state index contributed by atoms with van der Waals surface area (Å²) in [5.41, 5.74) is 0.803. The monoisotopic (exact) mass is 357 g/mol. The van der Waals surface area contributed by atoms with Crippen LogP contribution in [0.25, 0.3) is 0 Å². The van der Waals surface area contributed by atoms with Gasteiger partial charge < -0.3 is 4.98 Å². The Labute approximate surface area is 148 Å². The molecule has 0 saturated heterocycles. The number of hydrogen-bond acceptors (Lipinski definition) is 1. The molecule has 4 heteroatoms. The molecule has 23 heavy (non-hydrogen) atoms. The largest absolute Gasteiger partial charge is 0.401 e. The Morgan fingerprint density at radius 2 is 1.09 bits per heavy atom. The first-order chi connectivity index (χ1) is 11.1. The molecular formula is C19H17Cl2NSi. The molecule has 0 bridgehead atoms. The van der Waals surface area contributed by atoms with Crippen LogP contribution in [-0.4, -0.2) is 8.24 Å². The van der Waals surface area contributed by atoms with Gasteiger partial charge in [0, 0.05) is 0 Å². The van der Waals surface area contributed by atoms with Crippen LogP contribution in [0, 0.1) is 0 Å². The van der Waals surface area contributed by atoms with Gasteiger partial charge in [-0.05, 0) is 29.1 Å². The molecule has 3 aromatic carbocycles. The molecule has 1 N–H and O–H groups in total. The minimum atomic E-state index is -2.22. The molecule has 0 aliphatic rings. The van der Waals surface area contributed by atoms with Gasteiger partial charge in [-0.3, -0.25) is 0 Å². The van der Waals surface area contributed by atoms with Gasteiger partial charge in [0.1, 0.15) is 0 Å². The van der Waals surface area contributed by atoms with Gasteiger partial charge in [0.15, 0.2) is 0 Å². The summed E-state index contributed by atoms with van der Waals surface area (Å²) >= 11 is 12.8. The predicted octanol–water partition coefficient (Wildman–Crippen LogP) is 4.80. The zero-order valence-corrected chi connectivity index (χ0v) is 15.3. The molecule has 116 valence electrons. The second-order valence-corrected chi connectivity index (χ2v) is 10.0. The third-order valence-corrected chi connectivity index (χ3v) is 8.40. The van der Waals surface area contributed by atoms with Crippen LogP contribution in [0.15, 0.2) is 78.9 Å². The summed E-state index contributed by atoms with van der Waals surface area (Å²) in [5.74, 6) is 0. The van der Waals surface area contributed by atoms with Gasteiger partial charge in [0.2, 0.25) is 8.24 Å². The van der Waals surface area contributed by atoms with Gasteiger partial charge in [-0.15, -0.1) is 0 Å². The van der Waals surface area contributed by atoms with Crippen molar-refractivity contribution >= 4 is 47.5 Å². The highest BCUT2D eigenvalue weighted by molar-refractivity contribution is 7.03. The van der Waals surface area contributed by atoms with E-state index in [4.69, 9.17) is 23.2 Å². The lowest BCUT2D eigenvalue weighted by molar-refractivity contribution is 1.59. The lowest BCUT2D eigenvalue weighted by Crippen LogP contribution is -2.62. The van der Waals surface area contributed by atoms with Crippen LogP contribution in [0.4, 0.5) is 5.69 Å². The maximum Gasteiger partial charge on any atom is 0.214 e. The van der Waals surface area contributed by atoms with E-state index in [1.54, 1.807) is 0 Å². The second kappa shape index (κ2) is 6.79. The molecule has 0 aromatic heterocycles. The van der Waals surface area contributed by atoms with Crippen molar-refractivity contribution in [2.24, 2.45) is 0 Å². The van der Waals surface area contributed by atoms with E-state index in [0.717, 1.165) is 5.69 Å². The smallest absolute Gasteiger partial charge is 0.214 e. The molecule has 0 unspecified atom stereocenters. The molecule has 0 amide bonds. The Kier molecular flexibility index (Phi) is 4.76. The maximum atomic E-state index is 6.39. The molecule has 0 heterocycles. The van der Waals surface area contributed by atoms with Crippen LogP contribution < -0.4 is 15.4 Å². The van der Waals surface area contributed by atoms with E-state index in [2.05, 4.69) is 60.1 Å². The summed E-state index contributed by atoms with van der Waals surface area (Å²) in [6, 6.07) is 26.6. The van der Waals surface area contributed by atoms with Crippen LogP contribution in [0.3, 0.4) is 0 Å². The van der Waals surface area contributed by atoms with E-state index in [1.807, 2.05) is 30.3 Å². The summed E-state index contributed by atoms with van der Waals surface area (Å²) in [6.07, 6.45) is 0. The number of anilines is 1. The SMILES string of the molecule is C[Si](Nc1c(Cl)cccc1Cl)(c1ccccc1)c1ccccc1. The van der Waals surface area contributed by atoms with E-state index in [1.165, 1.54) is 10.4 Å². The molecule has 0 atom stereocenters. The molecule has 0 aliphatic heterocycles. The van der Waals surface area contributed by atoms with Gasteiger partial charge in [0.05, 0.1) is 15.7 Å². The standard InChI is InChI=1S/C19H17Cl2NSi/c1-23(15-9-4-2-5-10-15,16-11-6-3-7-12-16)22-19-17(20)13-8-14-18(19)21/h2-14,22H,1H3. The Morgan fingerprint density at radius 1 is 0.652 bits per heavy atom. The average Bonchev–Trinajstić information content (AvgIpc) is 2.60. The predicted molar refractivity (Wildman–Crippen MR) is 104 cm³/mol. The van der Waals surface area contributed by atoms with Crippen molar-refractivity contribution in [1.29, 1.82) is 0 Å². The van der Waals surface area contributed by atoms with Gasteiger partial charge in [-0.1, -0.05) is 89.9 Å².